The number of ether oxygens (including phenoxy) is 3. The summed E-state index contributed by atoms with van der Waals surface area (Å²) in [5.41, 5.74) is 2.87. The molecule has 7 nitrogen and oxygen atoms in total. The van der Waals surface area contributed by atoms with Crippen molar-refractivity contribution in [1.82, 2.24) is 5.01 Å². The molecule has 7 heteroatoms. The maximum absolute atomic E-state index is 13.5. The molecule has 0 radical (unpaired) electrons. The molecule has 0 fully saturated rings. The van der Waals surface area contributed by atoms with Crippen LogP contribution in [-0.2, 0) is 10.5 Å². The van der Waals surface area contributed by atoms with Gasteiger partial charge in [0.15, 0.2) is 11.5 Å². The fourth-order valence-electron chi connectivity index (χ4n) is 4.81. The smallest absolute Gasteiger partial charge is 0.306 e. The first kappa shape index (κ1) is 18.7. The number of amides is 1. The van der Waals surface area contributed by atoms with Crippen molar-refractivity contribution in [2.75, 3.05) is 19.5 Å². The molecule has 1 amide bonds. The Balaban J connectivity index is 1.55. The van der Waals surface area contributed by atoms with Crippen LogP contribution in [0.2, 0.25) is 0 Å². The van der Waals surface area contributed by atoms with Crippen LogP contribution in [0.4, 0.5) is 5.69 Å². The molecule has 0 aromatic heterocycles. The van der Waals surface area contributed by atoms with Gasteiger partial charge in [0, 0.05) is 12.0 Å². The van der Waals surface area contributed by atoms with E-state index in [1.54, 1.807) is 14.2 Å². The number of hydrogen-bond donors (Lipinski definition) is 1. The van der Waals surface area contributed by atoms with Crippen LogP contribution >= 0.6 is 0 Å². The lowest BCUT2D eigenvalue weighted by atomic mass is 9.92. The minimum atomic E-state index is -1.41. The Kier molecular flexibility index (Phi) is 3.95. The summed E-state index contributed by atoms with van der Waals surface area (Å²) in [4.78, 5) is 13.5. The van der Waals surface area contributed by atoms with Crippen molar-refractivity contribution in [3.8, 4) is 17.2 Å². The highest BCUT2D eigenvalue weighted by Gasteiger charge is 2.61. The van der Waals surface area contributed by atoms with E-state index in [4.69, 9.17) is 19.3 Å². The highest BCUT2D eigenvalue weighted by Crippen LogP contribution is 2.56. The summed E-state index contributed by atoms with van der Waals surface area (Å²) in [5.74, 6) is 1.69. The van der Waals surface area contributed by atoms with Gasteiger partial charge in [0.2, 0.25) is 0 Å². The number of para-hydroxylation sites is 2. The molecule has 3 heterocycles. The van der Waals surface area contributed by atoms with Gasteiger partial charge in [-0.25, -0.2) is 5.01 Å². The number of carbonyl (C=O) groups is 1. The average molecular weight is 427 g/mol. The van der Waals surface area contributed by atoms with E-state index in [9.17, 15) is 4.79 Å². The monoisotopic (exact) mass is 427 g/mol. The van der Waals surface area contributed by atoms with Crippen molar-refractivity contribution in [1.29, 1.82) is 0 Å². The summed E-state index contributed by atoms with van der Waals surface area (Å²) >= 11 is 0. The van der Waals surface area contributed by atoms with Crippen LogP contribution in [0.3, 0.4) is 0 Å². The second-order valence-corrected chi connectivity index (χ2v) is 7.96. The molecule has 6 rings (SSSR count). The van der Waals surface area contributed by atoms with Crippen LogP contribution in [0.5, 0.6) is 17.2 Å². The second kappa shape index (κ2) is 6.75. The molecule has 0 bridgehead atoms. The van der Waals surface area contributed by atoms with Crippen LogP contribution < -0.4 is 19.5 Å². The van der Waals surface area contributed by atoms with E-state index in [0.29, 0.717) is 17.9 Å². The van der Waals surface area contributed by atoms with E-state index in [-0.39, 0.29) is 11.9 Å². The van der Waals surface area contributed by atoms with Crippen LogP contribution in [0.25, 0.3) is 0 Å². The standard InChI is InChI=1S/C25H21N3O4/c1-30-16-12-10-15(11-13-16)20-14-21-17-6-5-9-22(31-2)23(17)32-25(28(21)27-20)18-7-3-4-8-19(18)26-24(25)29/h3-13,21H,14H2,1-2H3,(H,26,29)/t21-,25+/m1/s1. The molecule has 0 saturated heterocycles. The minimum absolute atomic E-state index is 0.178. The highest BCUT2D eigenvalue weighted by atomic mass is 16.6. The Morgan fingerprint density at radius 2 is 1.84 bits per heavy atom. The summed E-state index contributed by atoms with van der Waals surface area (Å²) in [6.07, 6.45) is 0.632. The Hall–Kier alpha value is -4.00. The average Bonchev–Trinajstić information content (AvgIpc) is 3.40. The molecule has 3 aromatic rings. The number of methoxy groups -OCH3 is 2. The van der Waals surface area contributed by atoms with E-state index in [1.165, 1.54) is 0 Å². The largest absolute Gasteiger partial charge is 0.497 e. The number of nitrogens with zero attached hydrogens (tertiary/aromatic N) is 2. The van der Waals surface area contributed by atoms with Crippen molar-refractivity contribution in [2.45, 2.75) is 18.2 Å². The molecule has 3 aliphatic rings. The van der Waals surface area contributed by atoms with Crippen LogP contribution in [-0.4, -0.2) is 30.8 Å². The van der Waals surface area contributed by atoms with Gasteiger partial charge in [-0.15, -0.1) is 0 Å². The van der Waals surface area contributed by atoms with Crippen LogP contribution in [0, 0.1) is 0 Å². The molecule has 1 N–H and O–H groups in total. The SMILES string of the molecule is COc1ccc(C2=NN3[C@H](C2)c2cccc(OC)c2O[C@@]32C(=O)Nc3ccccc32)cc1. The first-order valence-electron chi connectivity index (χ1n) is 10.4. The maximum atomic E-state index is 13.5. The van der Waals surface area contributed by atoms with Gasteiger partial charge in [0.25, 0.3) is 5.91 Å². The molecule has 2 atom stereocenters. The molecule has 32 heavy (non-hydrogen) atoms. The summed E-state index contributed by atoms with van der Waals surface area (Å²) in [6.45, 7) is 0. The van der Waals surface area contributed by atoms with Gasteiger partial charge in [-0.1, -0.05) is 30.3 Å². The third-order valence-corrected chi connectivity index (χ3v) is 6.34. The zero-order valence-corrected chi connectivity index (χ0v) is 17.7. The lowest BCUT2D eigenvalue weighted by Gasteiger charge is -2.44. The lowest BCUT2D eigenvalue weighted by Crippen LogP contribution is -2.55. The van der Waals surface area contributed by atoms with E-state index in [2.05, 4.69) is 5.32 Å². The molecule has 0 aliphatic carbocycles. The summed E-state index contributed by atoms with van der Waals surface area (Å²) in [6, 6.07) is 21.0. The van der Waals surface area contributed by atoms with Crippen LogP contribution in [0.1, 0.15) is 29.2 Å². The molecular formula is C25H21N3O4. The van der Waals surface area contributed by atoms with E-state index in [1.807, 2.05) is 71.7 Å². The van der Waals surface area contributed by atoms with Crippen molar-refractivity contribution < 1.29 is 19.0 Å². The number of rotatable bonds is 3. The van der Waals surface area contributed by atoms with Crippen LogP contribution in [0.15, 0.2) is 71.8 Å². The van der Waals surface area contributed by atoms with Gasteiger partial charge >= 0.3 is 5.72 Å². The van der Waals surface area contributed by atoms with Crippen molar-refractivity contribution >= 4 is 17.3 Å². The lowest BCUT2D eigenvalue weighted by molar-refractivity contribution is -0.161. The molecule has 0 unspecified atom stereocenters. The molecule has 1 spiro atoms. The topological polar surface area (TPSA) is 72.4 Å². The second-order valence-electron chi connectivity index (χ2n) is 7.96. The zero-order chi connectivity index (χ0) is 21.9. The Morgan fingerprint density at radius 3 is 2.62 bits per heavy atom. The normalized spacial score (nSPS) is 22.4. The number of carbonyl (C=O) groups excluding carboxylic acids is 1. The van der Waals surface area contributed by atoms with E-state index < -0.39 is 5.72 Å². The summed E-state index contributed by atoms with van der Waals surface area (Å²) in [7, 11) is 3.25. The Bertz CT molecular complexity index is 1270. The van der Waals surface area contributed by atoms with Gasteiger partial charge in [0.1, 0.15) is 5.75 Å². The first-order valence-corrected chi connectivity index (χ1v) is 10.4. The predicted octanol–water partition coefficient (Wildman–Crippen LogP) is 4.05. The third-order valence-electron chi connectivity index (χ3n) is 6.34. The molecular weight excluding hydrogens is 406 g/mol. The van der Waals surface area contributed by atoms with Gasteiger partial charge in [-0.3, -0.25) is 4.79 Å². The molecule has 0 saturated carbocycles. The fraction of sp³-hybridized carbons (Fsp3) is 0.200. The number of hydrogen-bond acceptors (Lipinski definition) is 6. The fourth-order valence-corrected chi connectivity index (χ4v) is 4.81. The number of anilines is 1. The minimum Gasteiger partial charge on any atom is -0.497 e. The number of hydrazone groups is 1. The number of nitrogens with one attached hydrogen (secondary N) is 1. The van der Waals surface area contributed by atoms with E-state index in [0.717, 1.165) is 33.8 Å². The van der Waals surface area contributed by atoms with Crippen molar-refractivity contribution in [3.63, 3.8) is 0 Å². The Morgan fingerprint density at radius 1 is 1.03 bits per heavy atom. The Labute approximate surface area is 185 Å². The molecule has 160 valence electrons. The van der Waals surface area contributed by atoms with Gasteiger partial charge in [0.05, 0.1) is 37.2 Å². The number of fused-ring (bicyclic) bond motifs is 6. The van der Waals surface area contributed by atoms with Crippen molar-refractivity contribution in [2.24, 2.45) is 5.10 Å². The number of benzene rings is 3. The quantitative estimate of drug-likeness (QED) is 0.683. The zero-order valence-electron chi connectivity index (χ0n) is 17.7. The maximum Gasteiger partial charge on any atom is 0.306 e. The van der Waals surface area contributed by atoms with Gasteiger partial charge in [-0.2, -0.15) is 5.10 Å². The third kappa shape index (κ3) is 2.42. The van der Waals surface area contributed by atoms with Gasteiger partial charge < -0.3 is 19.5 Å². The highest BCUT2D eigenvalue weighted by molar-refractivity contribution is 6.07. The van der Waals surface area contributed by atoms with E-state index >= 15 is 0 Å². The molecule has 3 aromatic carbocycles. The van der Waals surface area contributed by atoms with Gasteiger partial charge in [-0.05, 0) is 42.0 Å². The summed E-state index contributed by atoms with van der Waals surface area (Å²) < 4.78 is 17.4. The summed E-state index contributed by atoms with van der Waals surface area (Å²) in [5, 5.41) is 9.75. The molecule has 3 aliphatic heterocycles. The predicted molar refractivity (Wildman–Crippen MR) is 119 cm³/mol. The van der Waals surface area contributed by atoms with Crippen molar-refractivity contribution in [3.05, 3.63) is 83.4 Å². The first-order chi connectivity index (χ1) is 15.7.